The topological polar surface area (TPSA) is 35.2 Å². The Balaban J connectivity index is 2.01. The minimum Gasteiger partial charge on any atom is -0.489 e. The van der Waals surface area contributed by atoms with Crippen molar-refractivity contribution >= 4 is 17.4 Å². The predicted octanol–water partition coefficient (Wildman–Crippen LogP) is 3.71. The molecular weight excluding hydrogens is 249 g/mol. The maximum atomic E-state index is 13.1. The first-order valence-electron chi connectivity index (χ1n) is 5.49. The van der Waals surface area contributed by atoms with Crippen LogP contribution in [0.25, 0.3) is 0 Å². The third kappa shape index (κ3) is 3.40. The van der Waals surface area contributed by atoms with Crippen LogP contribution in [-0.2, 0) is 6.61 Å². The molecule has 0 spiro atoms. The molecule has 0 bridgehead atoms. The number of hydrogen-bond donors (Lipinski definition) is 1. The summed E-state index contributed by atoms with van der Waals surface area (Å²) in [4.78, 5) is 1.18. The quantitative estimate of drug-likeness (QED) is 0.674. The van der Waals surface area contributed by atoms with Crippen LogP contribution in [0, 0.1) is 5.82 Å². The molecule has 4 heteroatoms. The van der Waals surface area contributed by atoms with E-state index in [9.17, 15) is 4.39 Å². The normalized spacial score (nSPS) is 10.3. The molecular formula is C14H14FNOS. The average molecular weight is 263 g/mol. The molecule has 0 aliphatic carbocycles. The summed E-state index contributed by atoms with van der Waals surface area (Å²) in [6.07, 6.45) is 2.02. The van der Waals surface area contributed by atoms with Crippen LogP contribution in [0.15, 0.2) is 47.4 Å². The highest BCUT2D eigenvalue weighted by Gasteiger charge is 2.00. The van der Waals surface area contributed by atoms with E-state index in [0.717, 1.165) is 11.3 Å². The highest BCUT2D eigenvalue weighted by atomic mass is 32.2. The molecule has 0 amide bonds. The molecule has 2 nitrogen and oxygen atoms in total. The molecule has 0 fully saturated rings. The van der Waals surface area contributed by atoms with Gasteiger partial charge < -0.3 is 10.5 Å². The summed E-state index contributed by atoms with van der Waals surface area (Å²) < 4.78 is 18.7. The molecule has 0 saturated heterocycles. The highest BCUT2D eigenvalue weighted by molar-refractivity contribution is 7.98. The first kappa shape index (κ1) is 12.8. The van der Waals surface area contributed by atoms with Crippen LogP contribution in [0.1, 0.15) is 5.56 Å². The molecule has 0 heterocycles. The molecule has 94 valence electrons. The molecule has 2 N–H and O–H groups in total. The molecule has 0 radical (unpaired) electrons. The second-order valence-electron chi connectivity index (χ2n) is 3.86. The second kappa shape index (κ2) is 5.78. The van der Waals surface area contributed by atoms with Gasteiger partial charge in [-0.25, -0.2) is 4.39 Å². The molecule has 18 heavy (non-hydrogen) atoms. The van der Waals surface area contributed by atoms with Crippen LogP contribution in [0.3, 0.4) is 0 Å². The smallest absolute Gasteiger partial charge is 0.125 e. The summed E-state index contributed by atoms with van der Waals surface area (Å²) in [6.45, 7) is 0.306. The van der Waals surface area contributed by atoms with Crippen molar-refractivity contribution in [3.63, 3.8) is 0 Å². The zero-order valence-corrected chi connectivity index (χ0v) is 10.8. The van der Waals surface area contributed by atoms with Gasteiger partial charge in [0.05, 0.1) is 0 Å². The molecule has 2 rings (SSSR count). The van der Waals surface area contributed by atoms with Crippen LogP contribution in [-0.4, -0.2) is 6.26 Å². The number of nitrogen functional groups attached to an aromatic ring is 1. The minimum absolute atomic E-state index is 0.306. The van der Waals surface area contributed by atoms with Crippen LogP contribution in [0.2, 0.25) is 0 Å². The Labute approximate surface area is 110 Å². The Morgan fingerprint density at radius 3 is 2.50 bits per heavy atom. The Hall–Kier alpha value is -1.68. The fourth-order valence-corrected chi connectivity index (χ4v) is 2.01. The molecule has 0 aromatic heterocycles. The Morgan fingerprint density at radius 1 is 1.17 bits per heavy atom. The number of nitrogens with two attached hydrogens (primary N) is 1. The number of hydrogen-bond acceptors (Lipinski definition) is 3. The van der Waals surface area contributed by atoms with Crippen molar-refractivity contribution < 1.29 is 9.13 Å². The maximum absolute atomic E-state index is 13.1. The molecule has 2 aromatic carbocycles. The van der Waals surface area contributed by atoms with Crippen molar-refractivity contribution in [2.24, 2.45) is 0 Å². The van der Waals surface area contributed by atoms with Gasteiger partial charge in [0.2, 0.25) is 0 Å². The summed E-state index contributed by atoms with van der Waals surface area (Å²) in [7, 11) is 0. The van der Waals surface area contributed by atoms with Crippen LogP contribution < -0.4 is 10.5 Å². The van der Waals surface area contributed by atoms with E-state index in [2.05, 4.69) is 0 Å². The number of ether oxygens (including phenoxy) is 1. The van der Waals surface area contributed by atoms with Gasteiger partial charge in [0.15, 0.2) is 0 Å². The average Bonchev–Trinajstić information content (AvgIpc) is 2.36. The largest absolute Gasteiger partial charge is 0.489 e. The van der Waals surface area contributed by atoms with Gasteiger partial charge in [-0.3, -0.25) is 0 Å². The molecule has 0 saturated carbocycles. The monoisotopic (exact) mass is 263 g/mol. The fraction of sp³-hybridized carbons (Fsp3) is 0.143. The van der Waals surface area contributed by atoms with E-state index in [1.807, 2.05) is 30.5 Å². The second-order valence-corrected chi connectivity index (χ2v) is 4.74. The van der Waals surface area contributed by atoms with Crippen molar-refractivity contribution in [2.75, 3.05) is 12.0 Å². The van der Waals surface area contributed by atoms with Gasteiger partial charge >= 0.3 is 0 Å². The van der Waals surface area contributed by atoms with Gasteiger partial charge in [-0.15, -0.1) is 11.8 Å². The molecule has 0 aliphatic rings. The lowest BCUT2D eigenvalue weighted by molar-refractivity contribution is 0.305. The first-order valence-corrected chi connectivity index (χ1v) is 6.71. The van der Waals surface area contributed by atoms with Crippen LogP contribution >= 0.6 is 11.8 Å². The minimum atomic E-state index is -0.341. The highest BCUT2D eigenvalue weighted by Crippen LogP contribution is 2.20. The number of benzene rings is 2. The zero-order chi connectivity index (χ0) is 13.0. The van der Waals surface area contributed by atoms with Crippen molar-refractivity contribution in [1.82, 2.24) is 0 Å². The number of halogens is 1. The number of thioether (sulfide) groups is 1. The van der Waals surface area contributed by atoms with E-state index < -0.39 is 0 Å². The lowest BCUT2D eigenvalue weighted by Crippen LogP contribution is -1.98. The van der Waals surface area contributed by atoms with E-state index in [4.69, 9.17) is 10.5 Å². The lowest BCUT2D eigenvalue weighted by atomic mass is 10.2. The number of rotatable bonds is 4. The van der Waals surface area contributed by atoms with Crippen molar-refractivity contribution in [1.29, 1.82) is 0 Å². The maximum Gasteiger partial charge on any atom is 0.125 e. The van der Waals surface area contributed by atoms with E-state index in [-0.39, 0.29) is 5.82 Å². The zero-order valence-electron chi connectivity index (χ0n) is 10.0. The van der Waals surface area contributed by atoms with Gasteiger partial charge in [0.1, 0.15) is 18.2 Å². The lowest BCUT2D eigenvalue weighted by Gasteiger charge is -2.07. The van der Waals surface area contributed by atoms with Gasteiger partial charge in [0.25, 0.3) is 0 Å². The first-order chi connectivity index (χ1) is 8.67. The summed E-state index contributed by atoms with van der Waals surface area (Å²) >= 11 is 1.67. The van der Waals surface area contributed by atoms with E-state index >= 15 is 0 Å². The van der Waals surface area contributed by atoms with Crippen molar-refractivity contribution in [3.8, 4) is 5.75 Å². The SMILES string of the molecule is CSc1ccc(OCc2cc(N)cc(F)c2)cc1. The standard InChI is InChI=1S/C14H14FNOS/c1-18-14-4-2-13(3-5-14)17-9-10-6-11(15)8-12(16)7-10/h2-8H,9,16H2,1H3. The fourth-order valence-electron chi connectivity index (χ4n) is 1.60. The molecule has 0 aliphatic heterocycles. The summed E-state index contributed by atoms with van der Waals surface area (Å²) in [5, 5.41) is 0. The van der Waals surface area contributed by atoms with Gasteiger partial charge in [-0.2, -0.15) is 0 Å². The Bertz CT molecular complexity index is 508. The third-order valence-electron chi connectivity index (χ3n) is 2.44. The summed E-state index contributed by atoms with van der Waals surface area (Å²) in [5.74, 6) is 0.418. The summed E-state index contributed by atoms with van der Waals surface area (Å²) in [6, 6.07) is 12.2. The Morgan fingerprint density at radius 2 is 1.89 bits per heavy atom. The Kier molecular flexibility index (Phi) is 4.10. The van der Waals surface area contributed by atoms with Crippen molar-refractivity contribution in [3.05, 3.63) is 53.8 Å². The summed E-state index contributed by atoms with van der Waals surface area (Å²) in [5.41, 5.74) is 6.70. The predicted molar refractivity (Wildman–Crippen MR) is 73.4 cm³/mol. The molecule has 0 unspecified atom stereocenters. The van der Waals surface area contributed by atoms with Crippen LogP contribution in [0.4, 0.5) is 10.1 Å². The van der Waals surface area contributed by atoms with Gasteiger partial charge in [0, 0.05) is 10.6 Å². The van der Waals surface area contributed by atoms with Crippen molar-refractivity contribution in [2.45, 2.75) is 11.5 Å². The van der Waals surface area contributed by atoms with Gasteiger partial charge in [-0.05, 0) is 54.3 Å². The number of anilines is 1. The molecule has 0 atom stereocenters. The molecule has 2 aromatic rings. The van der Waals surface area contributed by atoms with E-state index in [1.165, 1.54) is 17.0 Å². The van der Waals surface area contributed by atoms with E-state index in [1.54, 1.807) is 17.8 Å². The van der Waals surface area contributed by atoms with Gasteiger partial charge in [-0.1, -0.05) is 0 Å². The van der Waals surface area contributed by atoms with Crippen LogP contribution in [0.5, 0.6) is 5.75 Å². The third-order valence-corrected chi connectivity index (χ3v) is 3.19. The van der Waals surface area contributed by atoms with E-state index in [0.29, 0.717) is 12.3 Å².